The first-order chi connectivity index (χ1) is 19.5. The Morgan fingerprint density at radius 2 is 1.90 bits per heavy atom. The molecule has 0 radical (unpaired) electrons. The van der Waals surface area contributed by atoms with Crippen molar-refractivity contribution in [1.29, 1.82) is 0 Å². The van der Waals surface area contributed by atoms with Gasteiger partial charge in [0.15, 0.2) is 17.5 Å². The van der Waals surface area contributed by atoms with E-state index in [1.165, 1.54) is 18.6 Å². The molecule has 3 aromatic heterocycles. The highest BCUT2D eigenvalue weighted by molar-refractivity contribution is 5.94. The van der Waals surface area contributed by atoms with Gasteiger partial charge in [0.25, 0.3) is 11.5 Å². The summed E-state index contributed by atoms with van der Waals surface area (Å²) in [6, 6.07) is 16.9. The standard InChI is InChI=1S/C29H21F2N7O2/c30-21-10-8-18(12-22(21)31)15-38-16-32-14-20(29(38)40)28(39)33-11-3-4-17-7-9-19-25(13-17)36-37-26(19)27-34-23-5-1-2-6-24(23)35-27/h1-10,12-14,16H,11,15H2,(H,33,39)(H,34,35)(H,36,37). The molecule has 6 aromatic rings. The lowest BCUT2D eigenvalue weighted by Gasteiger charge is -2.08. The highest BCUT2D eigenvalue weighted by Crippen LogP contribution is 2.27. The van der Waals surface area contributed by atoms with Gasteiger partial charge in [-0.2, -0.15) is 5.10 Å². The van der Waals surface area contributed by atoms with Gasteiger partial charge in [0, 0.05) is 18.1 Å². The van der Waals surface area contributed by atoms with Crippen molar-refractivity contribution >= 4 is 33.9 Å². The number of carbonyl (C=O) groups is 1. The van der Waals surface area contributed by atoms with Crippen molar-refractivity contribution in [2.75, 3.05) is 6.54 Å². The van der Waals surface area contributed by atoms with Crippen molar-refractivity contribution in [2.45, 2.75) is 6.54 Å². The minimum atomic E-state index is -1.02. The van der Waals surface area contributed by atoms with Gasteiger partial charge in [-0.3, -0.25) is 19.3 Å². The van der Waals surface area contributed by atoms with Crippen LogP contribution < -0.4 is 10.9 Å². The maximum absolute atomic E-state index is 13.5. The number of hydrogen-bond donors (Lipinski definition) is 3. The monoisotopic (exact) mass is 537 g/mol. The quantitative estimate of drug-likeness (QED) is 0.278. The molecule has 40 heavy (non-hydrogen) atoms. The predicted octanol–water partition coefficient (Wildman–Crippen LogP) is 4.43. The van der Waals surface area contributed by atoms with Crippen LogP contribution in [0, 0.1) is 11.6 Å². The Labute approximate surface area is 225 Å². The van der Waals surface area contributed by atoms with Crippen LogP contribution in [0.15, 0.2) is 84.1 Å². The molecule has 1 amide bonds. The van der Waals surface area contributed by atoms with Crippen LogP contribution in [0.4, 0.5) is 8.78 Å². The number of carbonyl (C=O) groups excluding carboxylic acids is 1. The summed E-state index contributed by atoms with van der Waals surface area (Å²) in [4.78, 5) is 37.2. The third kappa shape index (κ3) is 4.87. The fraction of sp³-hybridized carbons (Fsp3) is 0.0690. The Balaban J connectivity index is 1.11. The van der Waals surface area contributed by atoms with Gasteiger partial charge < -0.3 is 10.3 Å². The first kappa shape index (κ1) is 24.9. The Bertz CT molecular complexity index is 1940. The molecule has 9 nitrogen and oxygen atoms in total. The molecule has 198 valence electrons. The van der Waals surface area contributed by atoms with E-state index in [0.29, 0.717) is 11.4 Å². The van der Waals surface area contributed by atoms with E-state index >= 15 is 0 Å². The van der Waals surface area contributed by atoms with Crippen molar-refractivity contribution in [1.82, 2.24) is 35.0 Å². The van der Waals surface area contributed by atoms with Crippen molar-refractivity contribution in [3.63, 3.8) is 0 Å². The molecular formula is C29H21F2N7O2. The molecule has 11 heteroatoms. The number of halogens is 2. The molecule has 0 unspecified atom stereocenters. The average molecular weight is 538 g/mol. The fourth-order valence-corrected chi connectivity index (χ4v) is 4.38. The molecule has 0 aliphatic rings. The van der Waals surface area contributed by atoms with E-state index in [1.807, 2.05) is 48.5 Å². The summed E-state index contributed by atoms with van der Waals surface area (Å²) in [6.45, 7) is 0.111. The summed E-state index contributed by atoms with van der Waals surface area (Å²) >= 11 is 0. The Morgan fingerprint density at radius 1 is 1.02 bits per heavy atom. The van der Waals surface area contributed by atoms with E-state index < -0.39 is 23.1 Å². The zero-order valence-corrected chi connectivity index (χ0v) is 20.9. The molecule has 0 fully saturated rings. The normalized spacial score (nSPS) is 11.6. The summed E-state index contributed by atoms with van der Waals surface area (Å²) in [5, 5.41) is 11.1. The molecule has 0 aliphatic heterocycles. The Morgan fingerprint density at radius 3 is 2.75 bits per heavy atom. The lowest BCUT2D eigenvalue weighted by Crippen LogP contribution is -2.33. The molecule has 0 bridgehead atoms. The van der Waals surface area contributed by atoms with Crippen LogP contribution in [0.25, 0.3) is 39.5 Å². The molecule has 0 saturated carbocycles. The van der Waals surface area contributed by atoms with Crippen LogP contribution in [-0.4, -0.2) is 42.2 Å². The highest BCUT2D eigenvalue weighted by atomic mass is 19.2. The lowest BCUT2D eigenvalue weighted by atomic mass is 10.1. The smallest absolute Gasteiger partial charge is 0.266 e. The number of imidazole rings is 1. The van der Waals surface area contributed by atoms with Gasteiger partial charge in [-0.1, -0.05) is 36.4 Å². The van der Waals surface area contributed by atoms with Gasteiger partial charge in [-0.15, -0.1) is 0 Å². The number of para-hydroxylation sites is 2. The molecule has 6 rings (SSSR count). The molecule has 0 spiro atoms. The van der Waals surface area contributed by atoms with Gasteiger partial charge in [0.1, 0.15) is 11.3 Å². The zero-order chi connectivity index (χ0) is 27.6. The summed E-state index contributed by atoms with van der Waals surface area (Å²) in [7, 11) is 0. The third-order valence-electron chi connectivity index (χ3n) is 6.37. The first-order valence-electron chi connectivity index (χ1n) is 12.3. The van der Waals surface area contributed by atoms with E-state index in [9.17, 15) is 18.4 Å². The number of amides is 1. The van der Waals surface area contributed by atoms with Gasteiger partial charge in [-0.05, 0) is 47.5 Å². The van der Waals surface area contributed by atoms with E-state index in [-0.39, 0.29) is 18.7 Å². The van der Waals surface area contributed by atoms with Crippen LogP contribution in [0.3, 0.4) is 0 Å². The largest absolute Gasteiger partial charge is 0.348 e. The minimum absolute atomic E-state index is 0.0573. The highest BCUT2D eigenvalue weighted by Gasteiger charge is 2.14. The summed E-state index contributed by atoms with van der Waals surface area (Å²) in [5.74, 6) is -1.91. The van der Waals surface area contributed by atoms with Crippen molar-refractivity contribution in [3.8, 4) is 11.5 Å². The Hall–Kier alpha value is -5.45. The van der Waals surface area contributed by atoms with Crippen LogP contribution in [0.2, 0.25) is 0 Å². The van der Waals surface area contributed by atoms with Crippen LogP contribution in [0.5, 0.6) is 0 Å². The minimum Gasteiger partial charge on any atom is -0.348 e. The number of aromatic nitrogens is 6. The maximum atomic E-state index is 13.5. The fourth-order valence-electron chi connectivity index (χ4n) is 4.38. The van der Waals surface area contributed by atoms with Crippen molar-refractivity contribution in [2.24, 2.45) is 0 Å². The number of H-pyrrole nitrogens is 2. The molecule has 3 N–H and O–H groups in total. The zero-order valence-electron chi connectivity index (χ0n) is 20.9. The Kier molecular flexibility index (Phi) is 6.44. The lowest BCUT2D eigenvalue weighted by molar-refractivity contribution is 0.0955. The first-order valence-corrected chi connectivity index (χ1v) is 12.3. The number of nitrogens with zero attached hydrogens (tertiary/aromatic N) is 4. The number of nitrogens with one attached hydrogen (secondary N) is 3. The van der Waals surface area contributed by atoms with Gasteiger partial charge in [-0.25, -0.2) is 18.7 Å². The maximum Gasteiger partial charge on any atom is 0.266 e. The van der Waals surface area contributed by atoms with E-state index in [0.717, 1.165) is 49.9 Å². The molecular weight excluding hydrogens is 516 g/mol. The number of hydrogen-bond acceptors (Lipinski definition) is 5. The van der Waals surface area contributed by atoms with Gasteiger partial charge in [0.2, 0.25) is 0 Å². The third-order valence-corrected chi connectivity index (χ3v) is 6.37. The molecule has 0 saturated heterocycles. The van der Waals surface area contributed by atoms with Gasteiger partial charge >= 0.3 is 0 Å². The molecule has 3 aromatic carbocycles. The number of benzene rings is 3. The molecule has 3 heterocycles. The second kappa shape index (κ2) is 10.4. The summed E-state index contributed by atoms with van der Waals surface area (Å²) in [5.41, 5.74) is 3.85. The van der Waals surface area contributed by atoms with Crippen molar-refractivity contribution < 1.29 is 13.6 Å². The number of rotatable bonds is 7. The molecule has 0 aliphatic carbocycles. The second-order valence-electron chi connectivity index (χ2n) is 9.08. The second-order valence-corrected chi connectivity index (χ2v) is 9.08. The van der Waals surface area contributed by atoms with E-state index in [1.54, 1.807) is 6.08 Å². The summed E-state index contributed by atoms with van der Waals surface area (Å²) in [6.07, 6.45) is 6.01. The van der Waals surface area contributed by atoms with Crippen LogP contribution >= 0.6 is 0 Å². The predicted molar refractivity (Wildman–Crippen MR) is 147 cm³/mol. The van der Waals surface area contributed by atoms with Crippen LogP contribution in [-0.2, 0) is 6.54 Å². The van der Waals surface area contributed by atoms with E-state index in [4.69, 9.17) is 0 Å². The van der Waals surface area contributed by atoms with E-state index in [2.05, 4.69) is 30.5 Å². The van der Waals surface area contributed by atoms with Gasteiger partial charge in [0.05, 0.1) is 29.4 Å². The number of aromatic amines is 2. The topological polar surface area (TPSA) is 121 Å². The van der Waals surface area contributed by atoms with Crippen molar-refractivity contribution in [3.05, 3.63) is 118 Å². The molecule has 0 atom stereocenters. The SMILES string of the molecule is O=C(NCC=Cc1ccc2c(-c3nc4ccccc4[nH]3)n[nH]c2c1)c1cncn(Cc2ccc(F)c(F)c2)c1=O. The van der Waals surface area contributed by atoms with Crippen LogP contribution in [0.1, 0.15) is 21.5 Å². The summed E-state index contributed by atoms with van der Waals surface area (Å²) < 4.78 is 27.9. The average Bonchev–Trinajstić information content (AvgIpc) is 3.58. The number of fused-ring (bicyclic) bond motifs is 2.